The molecule has 2 rings (SSSR count). The highest BCUT2D eigenvalue weighted by Crippen LogP contribution is 2.25. The van der Waals surface area contributed by atoms with Gasteiger partial charge in [0.25, 0.3) is 0 Å². The van der Waals surface area contributed by atoms with Crippen LogP contribution in [0, 0.1) is 5.92 Å². The fourth-order valence-corrected chi connectivity index (χ4v) is 3.40. The average molecular weight is 344 g/mol. The van der Waals surface area contributed by atoms with Crippen LogP contribution in [0.15, 0.2) is 24.3 Å². The van der Waals surface area contributed by atoms with Crippen molar-refractivity contribution >= 4 is 23.2 Å². The van der Waals surface area contributed by atoms with Crippen molar-refractivity contribution in [2.45, 2.75) is 77.6 Å². The molecule has 0 aliphatic heterocycles. The molecule has 1 aliphatic rings. The number of hydrogen-bond acceptors (Lipinski definition) is 2. The number of carbonyl (C=O) groups excluding carboxylic acids is 2. The molecule has 0 spiro atoms. The van der Waals surface area contributed by atoms with Crippen LogP contribution < -0.4 is 10.6 Å². The van der Waals surface area contributed by atoms with Gasteiger partial charge in [-0.2, -0.15) is 0 Å². The molecule has 0 saturated heterocycles. The Balaban J connectivity index is 1.77. The van der Waals surface area contributed by atoms with Crippen LogP contribution in [0.5, 0.6) is 0 Å². The molecule has 1 aliphatic carbocycles. The number of rotatable bonds is 9. The molecular weight excluding hydrogens is 312 g/mol. The largest absolute Gasteiger partial charge is 0.326 e. The Kier molecular flexibility index (Phi) is 8.50. The van der Waals surface area contributed by atoms with Crippen LogP contribution >= 0.6 is 0 Å². The lowest BCUT2D eigenvalue weighted by Gasteiger charge is -2.20. The van der Waals surface area contributed by atoms with Crippen molar-refractivity contribution < 1.29 is 9.59 Å². The van der Waals surface area contributed by atoms with E-state index in [2.05, 4.69) is 17.6 Å². The minimum absolute atomic E-state index is 0.0484. The van der Waals surface area contributed by atoms with E-state index in [1.807, 2.05) is 24.3 Å². The summed E-state index contributed by atoms with van der Waals surface area (Å²) in [6.07, 6.45) is 11.8. The maximum atomic E-state index is 12.3. The van der Waals surface area contributed by atoms with Crippen LogP contribution in [0.1, 0.15) is 77.6 Å². The van der Waals surface area contributed by atoms with E-state index in [9.17, 15) is 9.59 Å². The van der Waals surface area contributed by atoms with Crippen LogP contribution in [0.4, 0.5) is 11.4 Å². The van der Waals surface area contributed by atoms with Crippen LogP contribution in [-0.4, -0.2) is 11.8 Å². The predicted molar refractivity (Wildman–Crippen MR) is 104 cm³/mol. The zero-order chi connectivity index (χ0) is 17.9. The first kappa shape index (κ1) is 19.5. The van der Waals surface area contributed by atoms with Gasteiger partial charge in [-0.25, -0.2) is 0 Å². The minimum Gasteiger partial charge on any atom is -0.326 e. The maximum Gasteiger partial charge on any atom is 0.227 e. The Morgan fingerprint density at radius 2 is 1.64 bits per heavy atom. The van der Waals surface area contributed by atoms with Crippen molar-refractivity contribution in [1.29, 1.82) is 0 Å². The first-order valence-electron chi connectivity index (χ1n) is 9.90. The number of carbonyl (C=O) groups is 2. The Morgan fingerprint density at radius 1 is 0.960 bits per heavy atom. The average Bonchev–Trinajstić information content (AvgIpc) is 2.62. The highest BCUT2D eigenvalue weighted by Gasteiger charge is 2.21. The van der Waals surface area contributed by atoms with E-state index in [0.29, 0.717) is 6.42 Å². The van der Waals surface area contributed by atoms with E-state index < -0.39 is 0 Å². The van der Waals surface area contributed by atoms with Crippen molar-refractivity contribution in [2.75, 3.05) is 10.6 Å². The molecular formula is C21H32N2O2. The monoisotopic (exact) mass is 344 g/mol. The van der Waals surface area contributed by atoms with Crippen molar-refractivity contribution in [1.82, 2.24) is 0 Å². The second kappa shape index (κ2) is 10.9. The lowest BCUT2D eigenvalue weighted by molar-refractivity contribution is -0.120. The molecule has 0 heterocycles. The van der Waals surface area contributed by atoms with Gasteiger partial charge < -0.3 is 10.6 Å². The predicted octanol–water partition coefficient (Wildman–Crippen LogP) is 5.50. The molecule has 25 heavy (non-hydrogen) atoms. The van der Waals surface area contributed by atoms with Gasteiger partial charge >= 0.3 is 0 Å². The number of nitrogens with one attached hydrogen (secondary N) is 2. The maximum absolute atomic E-state index is 12.3. The lowest BCUT2D eigenvalue weighted by atomic mass is 9.88. The van der Waals surface area contributed by atoms with Gasteiger partial charge in [0.05, 0.1) is 0 Å². The molecule has 1 fully saturated rings. The summed E-state index contributed by atoms with van der Waals surface area (Å²) < 4.78 is 0. The number of anilines is 2. The third-order valence-electron chi connectivity index (χ3n) is 4.90. The van der Waals surface area contributed by atoms with E-state index in [-0.39, 0.29) is 17.7 Å². The summed E-state index contributed by atoms with van der Waals surface area (Å²) in [5.41, 5.74) is 1.51. The van der Waals surface area contributed by atoms with Gasteiger partial charge in [0, 0.05) is 23.7 Å². The van der Waals surface area contributed by atoms with Gasteiger partial charge in [-0.05, 0) is 37.5 Å². The van der Waals surface area contributed by atoms with Gasteiger partial charge in [-0.3, -0.25) is 9.59 Å². The normalized spacial score (nSPS) is 14.9. The zero-order valence-corrected chi connectivity index (χ0v) is 15.5. The summed E-state index contributed by atoms with van der Waals surface area (Å²) in [6, 6.07) is 7.45. The fraction of sp³-hybridized carbons (Fsp3) is 0.619. The summed E-state index contributed by atoms with van der Waals surface area (Å²) in [4.78, 5) is 24.4. The van der Waals surface area contributed by atoms with Gasteiger partial charge in [0.2, 0.25) is 11.8 Å². The number of unbranched alkanes of at least 4 members (excludes halogenated alkanes) is 4. The first-order chi connectivity index (χ1) is 12.2. The molecule has 1 saturated carbocycles. The second-order valence-corrected chi connectivity index (χ2v) is 7.12. The minimum atomic E-state index is 0.0484. The van der Waals surface area contributed by atoms with Crippen LogP contribution in [-0.2, 0) is 9.59 Å². The highest BCUT2D eigenvalue weighted by atomic mass is 16.2. The molecule has 0 atom stereocenters. The van der Waals surface area contributed by atoms with E-state index in [1.54, 1.807) is 0 Å². The quantitative estimate of drug-likeness (QED) is 0.581. The van der Waals surface area contributed by atoms with Crippen LogP contribution in [0.2, 0.25) is 0 Å². The molecule has 0 bridgehead atoms. The molecule has 0 radical (unpaired) electrons. The lowest BCUT2D eigenvalue weighted by Crippen LogP contribution is -2.24. The van der Waals surface area contributed by atoms with Crippen molar-refractivity contribution in [3.8, 4) is 0 Å². The standard InChI is InChI=1S/C21H32N2O2/c1-2-3-4-5-9-15-20(24)22-18-13-10-14-19(16-18)23-21(25)17-11-7-6-8-12-17/h10,13-14,16-17H,2-9,11-12,15H2,1H3,(H,22,24)(H,23,25). The van der Waals surface area contributed by atoms with Crippen molar-refractivity contribution in [3.63, 3.8) is 0 Å². The summed E-state index contributed by atoms with van der Waals surface area (Å²) in [5, 5.41) is 5.94. The van der Waals surface area contributed by atoms with E-state index in [4.69, 9.17) is 0 Å². The number of amides is 2. The zero-order valence-electron chi connectivity index (χ0n) is 15.5. The first-order valence-corrected chi connectivity index (χ1v) is 9.90. The Hall–Kier alpha value is -1.84. The molecule has 1 aromatic carbocycles. The molecule has 1 aromatic rings. The van der Waals surface area contributed by atoms with Gasteiger partial charge in [0.1, 0.15) is 0 Å². The molecule has 138 valence electrons. The number of benzene rings is 1. The Bertz CT molecular complexity index is 551. The molecule has 2 amide bonds. The van der Waals surface area contributed by atoms with E-state index >= 15 is 0 Å². The van der Waals surface area contributed by atoms with E-state index in [0.717, 1.165) is 49.9 Å². The van der Waals surface area contributed by atoms with Crippen molar-refractivity contribution in [3.05, 3.63) is 24.3 Å². The van der Waals surface area contributed by atoms with Crippen molar-refractivity contribution in [2.24, 2.45) is 5.92 Å². The molecule has 4 heteroatoms. The third-order valence-corrected chi connectivity index (χ3v) is 4.90. The summed E-state index contributed by atoms with van der Waals surface area (Å²) in [6.45, 7) is 2.19. The SMILES string of the molecule is CCCCCCCC(=O)Nc1cccc(NC(=O)C2CCCCC2)c1. The van der Waals surface area contributed by atoms with Gasteiger partial charge in [0.15, 0.2) is 0 Å². The number of hydrogen-bond donors (Lipinski definition) is 2. The summed E-state index contributed by atoms with van der Waals surface area (Å²) in [7, 11) is 0. The molecule has 0 unspecified atom stereocenters. The third kappa shape index (κ3) is 7.29. The summed E-state index contributed by atoms with van der Waals surface area (Å²) >= 11 is 0. The smallest absolute Gasteiger partial charge is 0.227 e. The van der Waals surface area contributed by atoms with Gasteiger partial charge in [-0.1, -0.05) is 57.9 Å². The molecule has 2 N–H and O–H groups in total. The Morgan fingerprint density at radius 3 is 2.36 bits per heavy atom. The Labute approximate surface area is 151 Å². The second-order valence-electron chi connectivity index (χ2n) is 7.12. The topological polar surface area (TPSA) is 58.2 Å². The highest BCUT2D eigenvalue weighted by molar-refractivity contribution is 5.95. The van der Waals surface area contributed by atoms with Crippen LogP contribution in [0.3, 0.4) is 0 Å². The molecule has 0 aromatic heterocycles. The summed E-state index contributed by atoms with van der Waals surface area (Å²) in [5.74, 6) is 0.293. The van der Waals surface area contributed by atoms with Gasteiger partial charge in [-0.15, -0.1) is 0 Å². The molecule has 4 nitrogen and oxygen atoms in total. The van der Waals surface area contributed by atoms with Crippen LogP contribution in [0.25, 0.3) is 0 Å². The fourth-order valence-electron chi connectivity index (χ4n) is 3.40. The van der Waals surface area contributed by atoms with E-state index in [1.165, 1.54) is 25.7 Å².